The number of benzene rings is 3. The van der Waals surface area contributed by atoms with E-state index in [0.29, 0.717) is 0 Å². The van der Waals surface area contributed by atoms with Crippen molar-refractivity contribution in [2.24, 2.45) is 0 Å². The van der Waals surface area contributed by atoms with Crippen molar-refractivity contribution in [1.82, 2.24) is 4.57 Å². The molecule has 0 unspecified atom stereocenters. The molecule has 4 rings (SSSR count). The highest BCUT2D eigenvalue weighted by Gasteiger charge is 2.14. The molecule has 4 aromatic rings. The summed E-state index contributed by atoms with van der Waals surface area (Å²) >= 11 is 3.70. The lowest BCUT2D eigenvalue weighted by Crippen LogP contribution is -1.96. The van der Waals surface area contributed by atoms with Gasteiger partial charge in [-0.3, -0.25) is 0 Å². The van der Waals surface area contributed by atoms with E-state index in [1.54, 1.807) is 0 Å². The Kier molecular flexibility index (Phi) is 3.55. The van der Waals surface area contributed by atoms with Gasteiger partial charge in [0.25, 0.3) is 0 Å². The summed E-state index contributed by atoms with van der Waals surface area (Å²) in [6.45, 7) is 2.14. The maximum absolute atomic E-state index is 3.70. The van der Waals surface area contributed by atoms with Crippen LogP contribution in [0.25, 0.3) is 27.8 Å². The van der Waals surface area contributed by atoms with Crippen LogP contribution in [-0.2, 0) is 0 Å². The van der Waals surface area contributed by atoms with Gasteiger partial charge in [-0.05, 0) is 43.3 Å². The Hall–Kier alpha value is -2.32. The lowest BCUT2D eigenvalue weighted by molar-refractivity contribution is 1.13. The largest absolute Gasteiger partial charge is 0.309 e. The van der Waals surface area contributed by atoms with Crippen molar-refractivity contribution >= 4 is 26.8 Å². The molecule has 1 nitrogen and oxygen atoms in total. The smallest absolute Gasteiger partial charge is 0.0552 e. The molecule has 0 aliphatic carbocycles. The molecule has 0 saturated heterocycles. The van der Waals surface area contributed by atoms with Crippen molar-refractivity contribution in [3.8, 4) is 16.9 Å². The second-order valence-electron chi connectivity index (χ2n) is 5.74. The highest BCUT2D eigenvalue weighted by Crippen LogP contribution is 2.35. The highest BCUT2D eigenvalue weighted by atomic mass is 79.9. The Morgan fingerprint density at radius 3 is 2.30 bits per heavy atom. The molecule has 0 aliphatic heterocycles. The molecule has 0 radical (unpaired) electrons. The Morgan fingerprint density at radius 1 is 0.783 bits per heavy atom. The van der Waals surface area contributed by atoms with Gasteiger partial charge in [-0.1, -0.05) is 64.0 Å². The molecular formula is C21H16BrN. The molecule has 2 heteroatoms. The lowest BCUT2D eigenvalue weighted by Gasteiger charge is -2.12. The van der Waals surface area contributed by atoms with E-state index in [4.69, 9.17) is 0 Å². The van der Waals surface area contributed by atoms with Gasteiger partial charge in [0.2, 0.25) is 0 Å². The van der Waals surface area contributed by atoms with E-state index in [0.717, 1.165) is 4.47 Å². The molecule has 0 amide bonds. The summed E-state index contributed by atoms with van der Waals surface area (Å²) in [6, 6.07) is 27.8. The van der Waals surface area contributed by atoms with Crippen LogP contribution in [0.15, 0.2) is 83.3 Å². The van der Waals surface area contributed by atoms with Crippen LogP contribution >= 0.6 is 15.9 Å². The number of halogens is 1. The molecule has 1 aromatic heterocycles. The first-order valence-electron chi connectivity index (χ1n) is 7.66. The third-order valence-corrected chi connectivity index (χ3v) is 4.81. The van der Waals surface area contributed by atoms with Crippen molar-refractivity contribution in [2.75, 3.05) is 0 Å². The van der Waals surface area contributed by atoms with Crippen LogP contribution in [0, 0.1) is 6.92 Å². The third kappa shape index (κ3) is 2.49. The number of fused-ring (bicyclic) bond motifs is 1. The average molecular weight is 362 g/mol. The van der Waals surface area contributed by atoms with Gasteiger partial charge >= 0.3 is 0 Å². The van der Waals surface area contributed by atoms with Gasteiger partial charge < -0.3 is 4.57 Å². The Morgan fingerprint density at radius 2 is 1.52 bits per heavy atom. The van der Waals surface area contributed by atoms with Crippen molar-refractivity contribution < 1.29 is 0 Å². The number of aryl methyl sites for hydroxylation is 1. The predicted octanol–water partition coefficient (Wildman–Crippen LogP) is 6.37. The Labute approximate surface area is 144 Å². The summed E-state index contributed by atoms with van der Waals surface area (Å²) < 4.78 is 3.44. The molecular weight excluding hydrogens is 346 g/mol. The van der Waals surface area contributed by atoms with Crippen molar-refractivity contribution in [2.45, 2.75) is 6.92 Å². The van der Waals surface area contributed by atoms with Crippen LogP contribution in [-0.4, -0.2) is 4.57 Å². The van der Waals surface area contributed by atoms with E-state index in [1.807, 2.05) is 6.07 Å². The predicted molar refractivity (Wildman–Crippen MR) is 101 cm³/mol. The van der Waals surface area contributed by atoms with E-state index in [1.165, 1.54) is 33.4 Å². The minimum absolute atomic E-state index is 1.11. The summed E-state index contributed by atoms with van der Waals surface area (Å²) in [6.07, 6.45) is 0. The topological polar surface area (TPSA) is 4.93 Å². The summed E-state index contributed by atoms with van der Waals surface area (Å²) in [4.78, 5) is 0. The van der Waals surface area contributed by atoms with Crippen LogP contribution in [0.2, 0.25) is 0 Å². The van der Waals surface area contributed by atoms with Gasteiger partial charge in [0.05, 0.1) is 11.2 Å². The zero-order valence-electron chi connectivity index (χ0n) is 12.8. The van der Waals surface area contributed by atoms with Crippen molar-refractivity contribution in [3.05, 3.63) is 88.9 Å². The molecule has 0 atom stereocenters. The van der Waals surface area contributed by atoms with E-state index in [-0.39, 0.29) is 0 Å². The summed E-state index contributed by atoms with van der Waals surface area (Å²) in [5.74, 6) is 0. The number of rotatable bonds is 2. The van der Waals surface area contributed by atoms with Gasteiger partial charge in [-0.25, -0.2) is 0 Å². The second-order valence-corrected chi connectivity index (χ2v) is 6.60. The molecule has 0 aliphatic rings. The van der Waals surface area contributed by atoms with Crippen LogP contribution in [0.3, 0.4) is 0 Å². The molecule has 0 N–H and O–H groups in total. The minimum atomic E-state index is 1.11. The maximum Gasteiger partial charge on any atom is 0.0552 e. The van der Waals surface area contributed by atoms with Crippen LogP contribution in [0.1, 0.15) is 5.56 Å². The maximum atomic E-state index is 3.70. The first kappa shape index (κ1) is 14.3. The summed E-state index contributed by atoms with van der Waals surface area (Å²) in [5, 5.41) is 1.26. The molecule has 1 heterocycles. The van der Waals surface area contributed by atoms with Crippen LogP contribution in [0.5, 0.6) is 0 Å². The standard InChI is InChI=1S/C21H16BrN/c1-15-11-12-20-16(13-15)14-21(18-9-5-6-10-19(18)22)23(20)17-7-3-2-4-8-17/h2-14H,1H3. The Balaban J connectivity index is 2.09. The molecule has 0 bridgehead atoms. The third-order valence-electron chi connectivity index (χ3n) is 4.12. The monoisotopic (exact) mass is 361 g/mol. The molecule has 112 valence electrons. The molecule has 23 heavy (non-hydrogen) atoms. The van der Waals surface area contributed by atoms with E-state index in [9.17, 15) is 0 Å². The number of para-hydroxylation sites is 1. The lowest BCUT2D eigenvalue weighted by atomic mass is 10.1. The quantitative estimate of drug-likeness (QED) is 0.391. The SMILES string of the molecule is Cc1ccc2c(c1)cc(-c1ccccc1Br)n2-c1ccccc1. The molecule has 0 fully saturated rings. The van der Waals surface area contributed by atoms with E-state index < -0.39 is 0 Å². The molecule has 0 spiro atoms. The van der Waals surface area contributed by atoms with E-state index in [2.05, 4.69) is 100 Å². The van der Waals surface area contributed by atoms with Gasteiger partial charge in [-0.15, -0.1) is 0 Å². The number of nitrogens with zero attached hydrogens (tertiary/aromatic N) is 1. The zero-order chi connectivity index (χ0) is 15.8. The number of hydrogen-bond acceptors (Lipinski definition) is 0. The van der Waals surface area contributed by atoms with Gasteiger partial charge in [0.15, 0.2) is 0 Å². The second kappa shape index (κ2) is 5.71. The first-order valence-corrected chi connectivity index (χ1v) is 8.46. The highest BCUT2D eigenvalue weighted by molar-refractivity contribution is 9.10. The normalized spacial score (nSPS) is 11.0. The van der Waals surface area contributed by atoms with Crippen molar-refractivity contribution in [3.63, 3.8) is 0 Å². The van der Waals surface area contributed by atoms with Crippen LogP contribution in [0.4, 0.5) is 0 Å². The Bertz CT molecular complexity index is 983. The van der Waals surface area contributed by atoms with Gasteiger partial charge in [-0.2, -0.15) is 0 Å². The fourth-order valence-electron chi connectivity index (χ4n) is 3.06. The fraction of sp³-hybridized carbons (Fsp3) is 0.0476. The van der Waals surface area contributed by atoms with Crippen LogP contribution < -0.4 is 0 Å². The summed E-state index contributed by atoms with van der Waals surface area (Å²) in [5.41, 5.74) is 6.08. The molecule has 3 aromatic carbocycles. The zero-order valence-corrected chi connectivity index (χ0v) is 14.4. The van der Waals surface area contributed by atoms with Gasteiger partial charge in [0.1, 0.15) is 0 Å². The number of aromatic nitrogens is 1. The first-order chi connectivity index (χ1) is 11.2. The van der Waals surface area contributed by atoms with Gasteiger partial charge in [0, 0.05) is 21.1 Å². The fourth-order valence-corrected chi connectivity index (χ4v) is 3.55. The van der Waals surface area contributed by atoms with Crippen molar-refractivity contribution in [1.29, 1.82) is 0 Å². The average Bonchev–Trinajstić information content (AvgIpc) is 2.94. The minimum Gasteiger partial charge on any atom is -0.309 e. The molecule has 0 saturated carbocycles. The van der Waals surface area contributed by atoms with E-state index >= 15 is 0 Å². The number of hydrogen-bond donors (Lipinski definition) is 0. The summed E-state index contributed by atoms with van der Waals surface area (Å²) in [7, 11) is 0.